The van der Waals surface area contributed by atoms with E-state index < -0.39 is 10.0 Å². The lowest BCUT2D eigenvalue weighted by Crippen LogP contribution is -2.30. The maximum absolute atomic E-state index is 12.7. The first-order valence-electron chi connectivity index (χ1n) is 6.36. The van der Waals surface area contributed by atoms with Crippen molar-refractivity contribution in [3.8, 4) is 0 Å². The number of hydrogen-bond acceptors (Lipinski definition) is 5. The third-order valence-corrected chi connectivity index (χ3v) is 6.31. The second kappa shape index (κ2) is 5.16. The second-order valence-electron chi connectivity index (χ2n) is 4.71. The first-order valence-corrected chi connectivity index (χ1v) is 8.68. The minimum absolute atomic E-state index is 0.0578. The van der Waals surface area contributed by atoms with Crippen molar-refractivity contribution < 1.29 is 8.42 Å². The van der Waals surface area contributed by atoms with Gasteiger partial charge >= 0.3 is 0 Å². The van der Waals surface area contributed by atoms with E-state index >= 15 is 0 Å². The van der Waals surface area contributed by atoms with Crippen LogP contribution in [-0.4, -0.2) is 24.3 Å². The molecule has 0 bridgehead atoms. The molecule has 106 valence electrons. The standard InChI is InChI=1S/C13H15N3O2S2/c14-13-6-5-10(9-15-13)20(17,18)16-7-1-3-11(16)12-4-2-8-19-12/h2,4-6,8-9,11H,1,3,7H2,(H2,14,15). The number of hydrogen-bond donors (Lipinski definition) is 1. The average Bonchev–Trinajstić information content (AvgIpc) is 3.10. The Bertz CT molecular complexity index is 681. The highest BCUT2D eigenvalue weighted by Gasteiger charge is 2.36. The van der Waals surface area contributed by atoms with Gasteiger partial charge < -0.3 is 5.73 Å². The van der Waals surface area contributed by atoms with E-state index in [9.17, 15) is 8.42 Å². The monoisotopic (exact) mass is 309 g/mol. The molecule has 0 spiro atoms. The van der Waals surface area contributed by atoms with Gasteiger partial charge in [-0.25, -0.2) is 13.4 Å². The first-order chi connectivity index (χ1) is 9.59. The molecule has 1 saturated heterocycles. The van der Waals surface area contributed by atoms with E-state index in [0.29, 0.717) is 12.4 Å². The van der Waals surface area contributed by atoms with E-state index in [0.717, 1.165) is 17.7 Å². The summed E-state index contributed by atoms with van der Waals surface area (Å²) in [5, 5.41) is 1.98. The summed E-state index contributed by atoms with van der Waals surface area (Å²) < 4.78 is 27.0. The van der Waals surface area contributed by atoms with Crippen molar-refractivity contribution in [2.75, 3.05) is 12.3 Å². The number of anilines is 1. The fourth-order valence-electron chi connectivity index (χ4n) is 2.47. The van der Waals surface area contributed by atoms with Gasteiger partial charge in [0.2, 0.25) is 10.0 Å². The predicted octanol–water partition coefficient (Wildman–Crippen LogP) is 2.25. The maximum Gasteiger partial charge on any atom is 0.245 e. The van der Waals surface area contributed by atoms with Crippen LogP contribution in [0.3, 0.4) is 0 Å². The molecule has 5 nitrogen and oxygen atoms in total. The van der Waals surface area contributed by atoms with Crippen molar-refractivity contribution in [2.24, 2.45) is 0 Å². The SMILES string of the molecule is Nc1ccc(S(=O)(=O)N2CCCC2c2cccs2)cn1. The lowest BCUT2D eigenvalue weighted by molar-refractivity contribution is 0.401. The van der Waals surface area contributed by atoms with E-state index in [2.05, 4.69) is 4.98 Å². The summed E-state index contributed by atoms with van der Waals surface area (Å²) in [5.41, 5.74) is 5.51. The third-order valence-electron chi connectivity index (χ3n) is 3.44. The van der Waals surface area contributed by atoms with Gasteiger partial charge in [-0.15, -0.1) is 11.3 Å². The van der Waals surface area contributed by atoms with Crippen LogP contribution in [0.15, 0.2) is 40.7 Å². The largest absolute Gasteiger partial charge is 0.384 e. The molecule has 1 fully saturated rings. The number of aromatic nitrogens is 1. The summed E-state index contributed by atoms with van der Waals surface area (Å²) >= 11 is 1.60. The van der Waals surface area contributed by atoms with Crippen molar-refractivity contribution >= 4 is 27.2 Å². The topological polar surface area (TPSA) is 76.3 Å². The summed E-state index contributed by atoms with van der Waals surface area (Å²) in [5.74, 6) is 0.320. The highest BCUT2D eigenvalue weighted by atomic mass is 32.2. The molecule has 0 aliphatic carbocycles. The Balaban J connectivity index is 1.96. The number of nitrogens with zero attached hydrogens (tertiary/aromatic N) is 2. The van der Waals surface area contributed by atoms with Gasteiger partial charge in [-0.1, -0.05) is 6.07 Å². The lowest BCUT2D eigenvalue weighted by atomic mass is 10.2. The summed E-state index contributed by atoms with van der Waals surface area (Å²) in [6.07, 6.45) is 3.07. The molecule has 3 rings (SSSR count). The number of thiophene rings is 1. The Hall–Kier alpha value is -1.44. The van der Waals surface area contributed by atoms with Crippen molar-refractivity contribution in [1.82, 2.24) is 9.29 Å². The fraction of sp³-hybridized carbons (Fsp3) is 0.308. The zero-order valence-corrected chi connectivity index (χ0v) is 12.4. The van der Waals surface area contributed by atoms with E-state index in [1.165, 1.54) is 18.3 Å². The summed E-state index contributed by atoms with van der Waals surface area (Å²) in [7, 11) is -3.51. The van der Waals surface area contributed by atoms with Crippen LogP contribution in [-0.2, 0) is 10.0 Å². The number of rotatable bonds is 3. The van der Waals surface area contributed by atoms with E-state index in [-0.39, 0.29) is 10.9 Å². The Morgan fingerprint density at radius 3 is 2.85 bits per heavy atom. The van der Waals surface area contributed by atoms with Crippen molar-refractivity contribution in [2.45, 2.75) is 23.8 Å². The summed E-state index contributed by atoms with van der Waals surface area (Å²) in [6, 6.07) is 6.92. The van der Waals surface area contributed by atoms with Gasteiger partial charge in [-0.3, -0.25) is 0 Å². The molecule has 0 radical (unpaired) electrons. The van der Waals surface area contributed by atoms with Gasteiger partial charge in [0.1, 0.15) is 10.7 Å². The van der Waals surface area contributed by atoms with Crippen LogP contribution in [0.5, 0.6) is 0 Å². The molecular weight excluding hydrogens is 294 g/mol. The number of pyridine rings is 1. The Labute approximate surface area is 122 Å². The molecule has 1 aliphatic rings. The van der Waals surface area contributed by atoms with Crippen molar-refractivity contribution in [1.29, 1.82) is 0 Å². The summed E-state index contributed by atoms with van der Waals surface area (Å²) in [4.78, 5) is 5.18. The Kier molecular flexibility index (Phi) is 3.49. The van der Waals surface area contributed by atoms with E-state index in [4.69, 9.17) is 5.73 Å². The van der Waals surface area contributed by atoms with Gasteiger partial charge in [0.15, 0.2) is 0 Å². The molecule has 1 atom stereocenters. The maximum atomic E-state index is 12.7. The molecule has 2 aromatic rings. The van der Waals surface area contributed by atoms with Crippen LogP contribution < -0.4 is 5.73 Å². The van der Waals surface area contributed by atoms with E-state index in [1.807, 2.05) is 17.5 Å². The lowest BCUT2D eigenvalue weighted by Gasteiger charge is -2.23. The normalized spacial score (nSPS) is 20.3. The number of sulfonamides is 1. The van der Waals surface area contributed by atoms with Crippen LogP contribution in [0.1, 0.15) is 23.8 Å². The van der Waals surface area contributed by atoms with Gasteiger partial charge in [0.25, 0.3) is 0 Å². The molecule has 7 heteroatoms. The van der Waals surface area contributed by atoms with Gasteiger partial charge in [0.05, 0.1) is 6.04 Å². The molecule has 1 unspecified atom stereocenters. The van der Waals surface area contributed by atoms with Crippen LogP contribution in [0.25, 0.3) is 0 Å². The molecule has 1 aliphatic heterocycles. The van der Waals surface area contributed by atoms with Gasteiger partial charge in [0, 0.05) is 17.6 Å². The molecule has 2 N–H and O–H groups in total. The van der Waals surface area contributed by atoms with E-state index in [1.54, 1.807) is 15.6 Å². The first kappa shape index (κ1) is 13.5. The van der Waals surface area contributed by atoms with Crippen LogP contribution in [0.4, 0.5) is 5.82 Å². The number of nitrogen functional groups attached to an aromatic ring is 1. The van der Waals surface area contributed by atoms with Crippen molar-refractivity contribution in [3.05, 3.63) is 40.7 Å². The smallest absolute Gasteiger partial charge is 0.245 e. The quantitative estimate of drug-likeness (QED) is 0.943. The highest BCUT2D eigenvalue weighted by Crippen LogP contribution is 2.38. The molecule has 3 heterocycles. The second-order valence-corrected chi connectivity index (χ2v) is 7.58. The number of nitrogens with two attached hydrogens (primary N) is 1. The van der Waals surface area contributed by atoms with Gasteiger partial charge in [-0.2, -0.15) is 4.31 Å². The van der Waals surface area contributed by atoms with Crippen LogP contribution >= 0.6 is 11.3 Å². The molecule has 20 heavy (non-hydrogen) atoms. The predicted molar refractivity (Wildman–Crippen MR) is 78.8 cm³/mol. The molecule has 0 aromatic carbocycles. The molecule has 2 aromatic heterocycles. The minimum Gasteiger partial charge on any atom is -0.384 e. The zero-order valence-electron chi connectivity index (χ0n) is 10.8. The third kappa shape index (κ3) is 2.32. The Morgan fingerprint density at radius 2 is 2.20 bits per heavy atom. The van der Waals surface area contributed by atoms with Crippen LogP contribution in [0.2, 0.25) is 0 Å². The minimum atomic E-state index is -3.51. The van der Waals surface area contributed by atoms with Crippen LogP contribution in [0, 0.1) is 0 Å². The fourth-order valence-corrected chi connectivity index (χ4v) is 5.03. The molecule has 0 amide bonds. The van der Waals surface area contributed by atoms with Crippen molar-refractivity contribution in [3.63, 3.8) is 0 Å². The van der Waals surface area contributed by atoms with Gasteiger partial charge in [-0.05, 0) is 36.4 Å². The zero-order chi connectivity index (χ0) is 14.2. The Morgan fingerprint density at radius 1 is 1.35 bits per heavy atom. The molecule has 0 saturated carbocycles. The molecular formula is C13H15N3O2S2. The summed E-state index contributed by atoms with van der Waals surface area (Å²) in [6.45, 7) is 0.551. The highest BCUT2D eigenvalue weighted by molar-refractivity contribution is 7.89. The average molecular weight is 309 g/mol.